The highest BCUT2D eigenvalue weighted by atomic mass is 32.1. The maximum atomic E-state index is 13.6. The normalized spacial score (nSPS) is 16.8. The number of carbonyl (C=O) groups is 2. The van der Waals surface area contributed by atoms with E-state index in [-0.39, 0.29) is 11.3 Å². The fraction of sp³-hybridized carbons (Fsp3) is 0.207. The van der Waals surface area contributed by atoms with Crippen LogP contribution in [0, 0.1) is 13.8 Å². The number of Topliss-reactive ketones (excluding diaryl/α,β-unsaturated/α-hetero) is 1. The van der Waals surface area contributed by atoms with Crippen LogP contribution >= 0.6 is 11.3 Å². The van der Waals surface area contributed by atoms with Gasteiger partial charge in [-0.3, -0.25) is 14.5 Å². The predicted octanol–water partition coefficient (Wildman–Crippen LogP) is 5.57. The molecule has 5 rings (SSSR count). The molecule has 1 aromatic heterocycles. The summed E-state index contributed by atoms with van der Waals surface area (Å²) in [5.41, 5.74) is 3.70. The molecule has 0 saturated carbocycles. The second-order valence-corrected chi connectivity index (χ2v) is 9.95. The molecular formula is C29H26N2O6S. The predicted molar refractivity (Wildman–Crippen MR) is 146 cm³/mol. The standard InChI is InChI=1S/C29H26N2O6S/c1-15-12-16(2)24-22(13-15)38-29(30-24)31-25(18-8-11-20(36-4)21(14-18)37-5)23(27(33)28(31)34)26(32)17-6-9-19(35-3)10-7-17/h6-14,25,32H,1-5H3/b26-23+/t25-/m1/s1. The van der Waals surface area contributed by atoms with Gasteiger partial charge in [-0.05, 0) is 73.0 Å². The van der Waals surface area contributed by atoms with Crippen molar-refractivity contribution >= 4 is 44.1 Å². The summed E-state index contributed by atoms with van der Waals surface area (Å²) in [6.45, 7) is 3.96. The monoisotopic (exact) mass is 530 g/mol. The number of aromatic nitrogens is 1. The summed E-state index contributed by atoms with van der Waals surface area (Å²) in [7, 11) is 4.58. The minimum absolute atomic E-state index is 0.0421. The summed E-state index contributed by atoms with van der Waals surface area (Å²) in [6, 6.07) is 14.9. The van der Waals surface area contributed by atoms with Crippen LogP contribution in [0.5, 0.6) is 17.2 Å². The van der Waals surface area contributed by atoms with E-state index in [0.29, 0.717) is 33.5 Å². The number of amides is 1. The second kappa shape index (κ2) is 9.83. The number of benzene rings is 3. The third kappa shape index (κ3) is 4.14. The first-order valence-corrected chi connectivity index (χ1v) is 12.6. The van der Waals surface area contributed by atoms with Gasteiger partial charge in [-0.2, -0.15) is 0 Å². The third-order valence-corrected chi connectivity index (χ3v) is 7.56. The van der Waals surface area contributed by atoms with Crippen LogP contribution in [0.4, 0.5) is 5.13 Å². The van der Waals surface area contributed by atoms with Gasteiger partial charge in [0.25, 0.3) is 5.78 Å². The topological polar surface area (TPSA) is 98.2 Å². The van der Waals surface area contributed by atoms with E-state index < -0.39 is 17.7 Å². The number of aliphatic hydroxyl groups is 1. The van der Waals surface area contributed by atoms with Crippen molar-refractivity contribution in [3.63, 3.8) is 0 Å². The van der Waals surface area contributed by atoms with E-state index in [1.54, 1.807) is 49.6 Å². The maximum absolute atomic E-state index is 13.6. The number of carbonyl (C=O) groups excluding carboxylic acids is 2. The van der Waals surface area contributed by atoms with E-state index in [2.05, 4.69) is 0 Å². The van der Waals surface area contributed by atoms with Gasteiger partial charge in [-0.25, -0.2) is 4.98 Å². The lowest BCUT2D eigenvalue weighted by molar-refractivity contribution is -0.132. The molecule has 1 saturated heterocycles. The molecule has 2 heterocycles. The van der Waals surface area contributed by atoms with Crippen LogP contribution in [-0.4, -0.2) is 43.1 Å². The lowest BCUT2D eigenvalue weighted by Crippen LogP contribution is -2.29. The summed E-state index contributed by atoms with van der Waals surface area (Å²) in [6.07, 6.45) is 0. The Balaban J connectivity index is 1.75. The number of nitrogens with zero attached hydrogens (tertiary/aromatic N) is 2. The zero-order chi connectivity index (χ0) is 27.1. The SMILES string of the molecule is COc1ccc(/C(O)=C2\C(=O)C(=O)N(c3nc4c(C)cc(C)cc4s3)[C@@H]2c2ccc(OC)c(OC)c2)cc1. The molecule has 38 heavy (non-hydrogen) atoms. The minimum atomic E-state index is -0.945. The number of ketones is 1. The molecular weight excluding hydrogens is 504 g/mol. The number of rotatable bonds is 6. The number of ether oxygens (including phenoxy) is 3. The maximum Gasteiger partial charge on any atom is 0.301 e. The Morgan fingerprint density at radius 3 is 2.29 bits per heavy atom. The van der Waals surface area contributed by atoms with Gasteiger partial charge in [0.1, 0.15) is 11.5 Å². The Hall–Kier alpha value is -4.37. The molecule has 1 N–H and O–H groups in total. The first-order chi connectivity index (χ1) is 18.3. The van der Waals surface area contributed by atoms with Crippen LogP contribution < -0.4 is 19.1 Å². The molecule has 194 valence electrons. The molecule has 0 aliphatic carbocycles. The summed E-state index contributed by atoms with van der Waals surface area (Å²) in [5, 5.41) is 11.7. The Morgan fingerprint density at radius 1 is 0.921 bits per heavy atom. The van der Waals surface area contributed by atoms with E-state index in [4.69, 9.17) is 19.2 Å². The van der Waals surface area contributed by atoms with Crippen molar-refractivity contribution < 1.29 is 28.9 Å². The van der Waals surface area contributed by atoms with Crippen molar-refractivity contribution in [2.45, 2.75) is 19.9 Å². The van der Waals surface area contributed by atoms with Crippen molar-refractivity contribution in [2.24, 2.45) is 0 Å². The van der Waals surface area contributed by atoms with E-state index in [1.807, 2.05) is 26.0 Å². The molecule has 1 atom stereocenters. The van der Waals surface area contributed by atoms with Crippen LogP contribution in [0.15, 0.2) is 60.2 Å². The summed E-state index contributed by atoms with van der Waals surface area (Å²) < 4.78 is 17.0. The molecule has 1 aliphatic heterocycles. The van der Waals surface area contributed by atoms with Gasteiger partial charge in [0, 0.05) is 5.56 Å². The number of anilines is 1. The number of aryl methyl sites for hydroxylation is 2. The molecule has 0 unspecified atom stereocenters. The quantitative estimate of drug-likeness (QED) is 0.198. The molecule has 3 aromatic carbocycles. The zero-order valence-corrected chi connectivity index (χ0v) is 22.4. The third-order valence-electron chi connectivity index (χ3n) is 6.56. The number of fused-ring (bicyclic) bond motifs is 1. The molecule has 1 fully saturated rings. The van der Waals surface area contributed by atoms with Crippen molar-refractivity contribution in [1.29, 1.82) is 0 Å². The van der Waals surface area contributed by atoms with Crippen LogP contribution in [-0.2, 0) is 9.59 Å². The fourth-order valence-corrected chi connectivity index (χ4v) is 5.90. The Kier molecular flexibility index (Phi) is 6.54. The average Bonchev–Trinajstić information content (AvgIpc) is 3.46. The van der Waals surface area contributed by atoms with Crippen LogP contribution in [0.3, 0.4) is 0 Å². The van der Waals surface area contributed by atoms with Gasteiger partial charge in [0.05, 0.1) is 43.2 Å². The van der Waals surface area contributed by atoms with Gasteiger partial charge in [0.2, 0.25) is 0 Å². The number of hydrogen-bond donors (Lipinski definition) is 1. The summed E-state index contributed by atoms with van der Waals surface area (Å²) >= 11 is 1.32. The van der Waals surface area contributed by atoms with E-state index in [9.17, 15) is 14.7 Å². The smallest absolute Gasteiger partial charge is 0.301 e. The second-order valence-electron chi connectivity index (χ2n) is 8.94. The fourth-order valence-electron chi connectivity index (χ4n) is 4.73. The molecule has 0 radical (unpaired) electrons. The lowest BCUT2D eigenvalue weighted by atomic mass is 9.95. The largest absolute Gasteiger partial charge is 0.507 e. The highest BCUT2D eigenvalue weighted by Gasteiger charge is 2.48. The molecule has 9 heteroatoms. The van der Waals surface area contributed by atoms with E-state index in [1.165, 1.54) is 30.5 Å². The van der Waals surface area contributed by atoms with Crippen LogP contribution in [0.25, 0.3) is 16.0 Å². The van der Waals surface area contributed by atoms with Crippen molar-refractivity contribution in [2.75, 3.05) is 26.2 Å². The molecule has 1 aliphatic rings. The van der Waals surface area contributed by atoms with Gasteiger partial charge in [0.15, 0.2) is 16.6 Å². The lowest BCUT2D eigenvalue weighted by Gasteiger charge is -2.23. The highest BCUT2D eigenvalue weighted by molar-refractivity contribution is 7.22. The van der Waals surface area contributed by atoms with Crippen molar-refractivity contribution in [3.8, 4) is 17.2 Å². The first kappa shape index (κ1) is 25.3. The first-order valence-electron chi connectivity index (χ1n) is 11.8. The number of aliphatic hydroxyl groups excluding tert-OH is 1. The number of hydrogen-bond acceptors (Lipinski definition) is 8. The average molecular weight is 531 g/mol. The van der Waals surface area contributed by atoms with Crippen LogP contribution in [0.1, 0.15) is 28.3 Å². The van der Waals surface area contributed by atoms with Gasteiger partial charge in [-0.15, -0.1) is 0 Å². The zero-order valence-electron chi connectivity index (χ0n) is 21.6. The van der Waals surface area contributed by atoms with Gasteiger partial charge >= 0.3 is 5.91 Å². The van der Waals surface area contributed by atoms with E-state index in [0.717, 1.165) is 21.3 Å². The molecule has 8 nitrogen and oxygen atoms in total. The van der Waals surface area contributed by atoms with E-state index >= 15 is 0 Å². The van der Waals surface area contributed by atoms with Crippen molar-refractivity contribution in [1.82, 2.24) is 4.98 Å². The van der Waals surface area contributed by atoms with Gasteiger partial charge in [-0.1, -0.05) is 23.5 Å². The molecule has 0 bridgehead atoms. The number of thiazole rings is 1. The van der Waals surface area contributed by atoms with Crippen LogP contribution in [0.2, 0.25) is 0 Å². The molecule has 4 aromatic rings. The summed E-state index contributed by atoms with van der Waals surface area (Å²) in [5.74, 6) is -0.344. The molecule has 1 amide bonds. The molecule has 0 spiro atoms. The Labute approximate surface area is 223 Å². The summed E-state index contributed by atoms with van der Waals surface area (Å²) in [4.78, 5) is 33.2. The minimum Gasteiger partial charge on any atom is -0.507 e. The van der Waals surface area contributed by atoms with Crippen molar-refractivity contribution in [3.05, 3.63) is 82.4 Å². The number of methoxy groups -OCH3 is 3. The Bertz CT molecular complexity index is 1610. The highest BCUT2D eigenvalue weighted by Crippen LogP contribution is 2.46. The van der Waals surface area contributed by atoms with Gasteiger partial charge < -0.3 is 19.3 Å². The Morgan fingerprint density at radius 2 is 1.63 bits per heavy atom.